The normalized spacial score (nSPS) is 23.4. The van der Waals surface area contributed by atoms with Crippen LogP contribution in [0.15, 0.2) is 73.4 Å². The Bertz CT molecular complexity index is 1720. The van der Waals surface area contributed by atoms with Crippen molar-refractivity contribution in [3.63, 3.8) is 0 Å². The topological polar surface area (TPSA) is 166 Å². The number of nitrogen functional groups attached to an aromatic ring is 1. The number of carbonyl (C=O) groups excluding carboxylic acids is 3. The number of aromatic nitrogens is 1. The van der Waals surface area contributed by atoms with E-state index in [4.69, 9.17) is 17.2 Å². The number of benzene rings is 2. The van der Waals surface area contributed by atoms with Gasteiger partial charge in [0.25, 0.3) is 5.91 Å². The van der Waals surface area contributed by atoms with E-state index < -0.39 is 17.4 Å². The molecular weight excluding hydrogens is 536 g/mol. The smallest absolute Gasteiger partial charge is 0.262 e. The van der Waals surface area contributed by atoms with Gasteiger partial charge in [-0.3, -0.25) is 19.4 Å². The molecule has 0 aliphatic heterocycles. The van der Waals surface area contributed by atoms with E-state index in [9.17, 15) is 14.4 Å². The molecular formula is C31H30N6O3S. The molecule has 208 valence electrons. The van der Waals surface area contributed by atoms with Gasteiger partial charge in [0.2, 0.25) is 5.91 Å². The number of nitrogens with two attached hydrogens (primary N) is 3. The molecule has 2 heterocycles. The average Bonchev–Trinajstić information content (AvgIpc) is 3.61. The number of anilines is 1. The molecule has 41 heavy (non-hydrogen) atoms. The lowest BCUT2D eigenvalue weighted by Gasteiger charge is -2.36. The summed E-state index contributed by atoms with van der Waals surface area (Å²) >= 11 is 1.20. The van der Waals surface area contributed by atoms with Gasteiger partial charge < -0.3 is 27.8 Å². The zero-order chi connectivity index (χ0) is 28.9. The largest absolute Gasteiger partial charge is 0.398 e. The second kappa shape index (κ2) is 10.2. The molecule has 2 aromatic carbocycles. The predicted octanol–water partition coefficient (Wildman–Crippen LogP) is 3.28. The van der Waals surface area contributed by atoms with Crippen molar-refractivity contribution in [1.82, 2.24) is 15.6 Å². The Morgan fingerprint density at radius 2 is 1.80 bits per heavy atom. The highest BCUT2D eigenvalue weighted by Crippen LogP contribution is 2.49. The molecule has 0 spiro atoms. The molecule has 2 aromatic heterocycles. The molecule has 9 nitrogen and oxygen atoms in total. The summed E-state index contributed by atoms with van der Waals surface area (Å²) in [5.41, 5.74) is 22.0. The Morgan fingerprint density at radius 1 is 1.07 bits per heavy atom. The molecule has 0 bridgehead atoms. The Morgan fingerprint density at radius 3 is 2.54 bits per heavy atom. The highest BCUT2D eigenvalue weighted by atomic mass is 32.1. The van der Waals surface area contributed by atoms with Crippen molar-refractivity contribution in [2.75, 3.05) is 5.73 Å². The van der Waals surface area contributed by atoms with Crippen LogP contribution in [0.4, 0.5) is 5.69 Å². The van der Waals surface area contributed by atoms with Crippen LogP contribution < -0.4 is 27.8 Å². The van der Waals surface area contributed by atoms with Crippen LogP contribution in [0.5, 0.6) is 0 Å². The van der Waals surface area contributed by atoms with Crippen LogP contribution in [0.3, 0.4) is 0 Å². The zero-order valence-corrected chi connectivity index (χ0v) is 23.0. The van der Waals surface area contributed by atoms with Gasteiger partial charge in [0, 0.05) is 40.5 Å². The third kappa shape index (κ3) is 4.31. The molecule has 1 saturated carbocycles. The quantitative estimate of drug-likeness (QED) is 0.176. The summed E-state index contributed by atoms with van der Waals surface area (Å²) in [7, 11) is 0. The van der Waals surface area contributed by atoms with Crippen molar-refractivity contribution in [2.45, 2.75) is 42.9 Å². The van der Waals surface area contributed by atoms with Gasteiger partial charge in [-0.2, -0.15) is 0 Å². The van der Waals surface area contributed by atoms with Crippen molar-refractivity contribution in [2.24, 2.45) is 11.5 Å². The molecule has 2 aliphatic carbocycles. The van der Waals surface area contributed by atoms with Crippen LogP contribution in [0.25, 0.3) is 21.3 Å². The molecule has 0 saturated heterocycles. The molecule has 0 radical (unpaired) electrons. The lowest BCUT2D eigenvalue weighted by Crippen LogP contribution is -2.53. The molecule has 2 amide bonds. The third-order valence-corrected chi connectivity index (χ3v) is 9.40. The Labute approximate surface area is 240 Å². The number of carbonyl (C=O) groups is 3. The summed E-state index contributed by atoms with van der Waals surface area (Å²) < 4.78 is 0.653. The van der Waals surface area contributed by atoms with E-state index >= 15 is 0 Å². The Balaban J connectivity index is 1.44. The number of hydrogen-bond donors (Lipinski definition) is 5. The minimum atomic E-state index is -1.58. The van der Waals surface area contributed by atoms with E-state index in [1.807, 2.05) is 36.4 Å². The fraction of sp³-hybridized carbons (Fsp3) is 0.226. The summed E-state index contributed by atoms with van der Waals surface area (Å²) in [6, 6.07) is 15.0. The molecule has 2 aliphatic rings. The first kappa shape index (κ1) is 26.8. The van der Waals surface area contributed by atoms with E-state index in [0.717, 1.165) is 18.4 Å². The number of rotatable bonds is 6. The number of nitrogens with zero attached hydrogens (tertiary/aromatic N) is 1. The number of nitrogens with one attached hydrogen (secondary N) is 2. The van der Waals surface area contributed by atoms with E-state index in [1.165, 1.54) is 17.4 Å². The monoisotopic (exact) mass is 566 g/mol. The molecule has 8 N–H and O–H groups in total. The minimum Gasteiger partial charge on any atom is -0.398 e. The maximum absolute atomic E-state index is 14.1. The van der Waals surface area contributed by atoms with Gasteiger partial charge in [0.1, 0.15) is 5.54 Å². The number of amides is 2. The SMILES string of the molecule is C=CC(=O)N[C@@H]1CCC[C@H]1NC(=O)c1sc2c(N)ccc3c2c1C(N)C(=O)C3(N)c1ccnc(-c2ccccc2)c1. The summed E-state index contributed by atoms with van der Waals surface area (Å²) in [4.78, 5) is 44.5. The summed E-state index contributed by atoms with van der Waals surface area (Å²) in [6.07, 6.45) is 5.15. The first-order valence-corrected chi connectivity index (χ1v) is 14.3. The number of Topliss-reactive ketones (excluding diaryl/α,β-unsaturated/α-hetero) is 1. The van der Waals surface area contributed by atoms with Gasteiger partial charge in [-0.1, -0.05) is 43.0 Å². The average molecular weight is 567 g/mol. The van der Waals surface area contributed by atoms with Crippen molar-refractivity contribution in [3.8, 4) is 11.3 Å². The third-order valence-electron chi connectivity index (χ3n) is 8.15. The number of hydrogen-bond acceptors (Lipinski definition) is 8. The van der Waals surface area contributed by atoms with Gasteiger partial charge in [0.05, 0.1) is 21.3 Å². The molecule has 4 atom stereocenters. The van der Waals surface area contributed by atoms with Gasteiger partial charge in [-0.25, -0.2) is 0 Å². The maximum atomic E-state index is 14.1. The minimum absolute atomic E-state index is 0.215. The van der Waals surface area contributed by atoms with Gasteiger partial charge >= 0.3 is 0 Å². The lowest BCUT2D eigenvalue weighted by atomic mass is 9.70. The zero-order valence-electron chi connectivity index (χ0n) is 22.2. The van der Waals surface area contributed by atoms with Crippen LogP contribution in [-0.4, -0.2) is 34.7 Å². The first-order chi connectivity index (χ1) is 19.7. The lowest BCUT2D eigenvalue weighted by molar-refractivity contribution is -0.124. The van der Waals surface area contributed by atoms with E-state index in [0.29, 0.717) is 49.5 Å². The highest BCUT2D eigenvalue weighted by Gasteiger charge is 2.49. The Hall–Kier alpha value is -4.38. The van der Waals surface area contributed by atoms with E-state index in [-0.39, 0.29) is 23.9 Å². The van der Waals surface area contributed by atoms with Crippen LogP contribution in [-0.2, 0) is 15.1 Å². The first-order valence-electron chi connectivity index (χ1n) is 13.4. The molecule has 10 heteroatoms. The van der Waals surface area contributed by atoms with Crippen LogP contribution in [0, 0.1) is 0 Å². The van der Waals surface area contributed by atoms with Crippen molar-refractivity contribution in [3.05, 3.63) is 95.0 Å². The van der Waals surface area contributed by atoms with Crippen LogP contribution >= 0.6 is 11.3 Å². The summed E-state index contributed by atoms with van der Waals surface area (Å²) in [6.45, 7) is 3.51. The van der Waals surface area contributed by atoms with Crippen LogP contribution in [0.1, 0.15) is 51.7 Å². The fourth-order valence-corrected chi connectivity index (χ4v) is 7.27. The van der Waals surface area contributed by atoms with Crippen LogP contribution in [0.2, 0.25) is 0 Å². The van der Waals surface area contributed by atoms with Crippen molar-refractivity contribution >= 4 is 44.7 Å². The van der Waals surface area contributed by atoms with Crippen molar-refractivity contribution < 1.29 is 14.4 Å². The highest BCUT2D eigenvalue weighted by molar-refractivity contribution is 7.21. The van der Waals surface area contributed by atoms with E-state index in [1.54, 1.807) is 24.4 Å². The summed E-state index contributed by atoms with van der Waals surface area (Å²) in [5, 5.41) is 6.59. The summed E-state index contributed by atoms with van der Waals surface area (Å²) in [5.74, 6) is -1.07. The number of pyridine rings is 1. The standard InChI is InChI=1S/C31H30N6O3S/c1-2-23(38)36-20-9-6-10-21(20)37-30(40)28-25-24-18(11-12-19(32)27(24)41-28)31(34,29(39)26(25)33)17-13-14-35-22(15-17)16-7-4-3-5-8-16/h2-5,7-8,11-15,20-21,26H,1,6,9-10,32-34H2,(H,36,38)(H,37,40)/t20-,21-,26?,31?/m1/s1. The Kier molecular flexibility index (Phi) is 6.69. The predicted molar refractivity (Wildman–Crippen MR) is 160 cm³/mol. The molecule has 4 aromatic rings. The molecule has 1 fully saturated rings. The maximum Gasteiger partial charge on any atom is 0.262 e. The number of ketones is 1. The van der Waals surface area contributed by atoms with E-state index in [2.05, 4.69) is 22.2 Å². The second-order valence-corrected chi connectivity index (χ2v) is 11.5. The molecule has 2 unspecified atom stereocenters. The van der Waals surface area contributed by atoms with Gasteiger partial charge in [0.15, 0.2) is 5.78 Å². The molecule has 6 rings (SSSR count). The van der Waals surface area contributed by atoms with Crippen molar-refractivity contribution in [1.29, 1.82) is 0 Å². The fourth-order valence-electron chi connectivity index (χ4n) is 6.07. The second-order valence-electron chi connectivity index (χ2n) is 10.5. The van der Waals surface area contributed by atoms with Gasteiger partial charge in [-0.05, 0) is 54.7 Å². The number of thiophene rings is 1. The van der Waals surface area contributed by atoms with Gasteiger partial charge in [-0.15, -0.1) is 11.3 Å².